The molecule has 0 saturated heterocycles. The second-order valence-corrected chi connectivity index (χ2v) is 4.43. The number of thiophene rings is 1. The molecule has 0 atom stereocenters. The molecule has 4 nitrogen and oxygen atoms in total. The molecule has 0 aliphatic rings. The Morgan fingerprint density at radius 1 is 1.50 bits per heavy atom. The summed E-state index contributed by atoms with van der Waals surface area (Å²) < 4.78 is 5.09. The first-order chi connectivity index (χ1) is 8.79. The van der Waals surface area contributed by atoms with Crippen molar-refractivity contribution in [3.8, 4) is 6.07 Å². The van der Waals surface area contributed by atoms with Crippen LogP contribution in [-0.4, -0.2) is 5.91 Å². The summed E-state index contributed by atoms with van der Waals surface area (Å²) in [5, 5.41) is 13.5. The molecule has 2 rings (SSSR count). The van der Waals surface area contributed by atoms with E-state index in [1.54, 1.807) is 18.2 Å². The molecule has 0 fully saturated rings. The Morgan fingerprint density at radius 2 is 2.39 bits per heavy atom. The van der Waals surface area contributed by atoms with E-state index in [0.29, 0.717) is 5.76 Å². The van der Waals surface area contributed by atoms with Crippen molar-refractivity contribution in [3.63, 3.8) is 0 Å². The summed E-state index contributed by atoms with van der Waals surface area (Å²) >= 11 is 1.47. The number of hydrogen-bond donors (Lipinski definition) is 1. The number of nitrogens with zero attached hydrogens (tertiary/aromatic N) is 1. The lowest BCUT2D eigenvalue weighted by Crippen LogP contribution is -2.23. The van der Waals surface area contributed by atoms with Gasteiger partial charge in [0.05, 0.1) is 12.8 Å². The summed E-state index contributed by atoms with van der Waals surface area (Å²) in [6.07, 6.45) is 3.11. The summed E-state index contributed by atoms with van der Waals surface area (Å²) in [4.78, 5) is 12.6. The molecule has 2 aromatic rings. The molecule has 0 aromatic carbocycles. The topological polar surface area (TPSA) is 66.0 Å². The Bertz CT molecular complexity index is 577. The van der Waals surface area contributed by atoms with Gasteiger partial charge in [0.15, 0.2) is 0 Å². The highest BCUT2D eigenvalue weighted by molar-refractivity contribution is 7.10. The number of amides is 1. The predicted octanol–water partition coefficient (Wildman–Crippen LogP) is 2.56. The fraction of sp³-hybridized carbons (Fsp3) is 0.0769. The first kappa shape index (κ1) is 12.1. The van der Waals surface area contributed by atoms with Crippen molar-refractivity contribution in [2.24, 2.45) is 0 Å². The molecule has 0 unspecified atom stereocenters. The first-order valence-electron chi connectivity index (χ1n) is 5.25. The lowest BCUT2D eigenvalue weighted by atomic mass is 10.2. The quantitative estimate of drug-likeness (QED) is 0.677. The zero-order valence-corrected chi connectivity index (χ0v) is 10.2. The van der Waals surface area contributed by atoms with E-state index in [2.05, 4.69) is 5.32 Å². The number of carbonyl (C=O) groups is 1. The van der Waals surface area contributed by atoms with E-state index in [9.17, 15) is 4.79 Å². The minimum Gasteiger partial charge on any atom is -0.467 e. The molecule has 2 aromatic heterocycles. The van der Waals surface area contributed by atoms with Crippen LogP contribution in [0.1, 0.15) is 10.6 Å². The Kier molecular flexibility index (Phi) is 3.94. The predicted molar refractivity (Wildman–Crippen MR) is 68.5 cm³/mol. The highest BCUT2D eigenvalue weighted by Gasteiger charge is 2.09. The Hall–Kier alpha value is -2.32. The van der Waals surface area contributed by atoms with Gasteiger partial charge in [0, 0.05) is 4.88 Å². The molecule has 0 aliphatic carbocycles. The third-order valence-electron chi connectivity index (χ3n) is 2.20. The molecule has 0 bridgehead atoms. The number of furan rings is 1. The SMILES string of the molecule is N#C/C(=C/c1cccs1)C(=O)NCc1ccco1. The maximum atomic E-state index is 11.8. The Labute approximate surface area is 108 Å². The van der Waals surface area contributed by atoms with Crippen molar-refractivity contribution < 1.29 is 9.21 Å². The van der Waals surface area contributed by atoms with Gasteiger partial charge in [-0.25, -0.2) is 0 Å². The van der Waals surface area contributed by atoms with Crippen molar-refractivity contribution in [2.75, 3.05) is 0 Å². The lowest BCUT2D eigenvalue weighted by molar-refractivity contribution is -0.117. The first-order valence-corrected chi connectivity index (χ1v) is 6.13. The molecular weight excluding hydrogens is 248 g/mol. The molecule has 0 aliphatic heterocycles. The second kappa shape index (κ2) is 5.84. The fourth-order valence-electron chi connectivity index (χ4n) is 1.34. The van der Waals surface area contributed by atoms with Crippen LogP contribution in [0, 0.1) is 11.3 Å². The third-order valence-corrected chi connectivity index (χ3v) is 3.02. The summed E-state index contributed by atoms with van der Waals surface area (Å²) in [5.41, 5.74) is 0.0870. The van der Waals surface area contributed by atoms with Crippen molar-refractivity contribution >= 4 is 23.3 Å². The van der Waals surface area contributed by atoms with Gasteiger partial charge in [0.1, 0.15) is 17.4 Å². The van der Waals surface area contributed by atoms with E-state index in [1.165, 1.54) is 17.6 Å². The molecular formula is C13H10N2O2S. The fourth-order valence-corrected chi connectivity index (χ4v) is 2.00. The zero-order chi connectivity index (χ0) is 12.8. The van der Waals surface area contributed by atoms with Gasteiger partial charge in [-0.3, -0.25) is 4.79 Å². The van der Waals surface area contributed by atoms with Crippen LogP contribution < -0.4 is 5.32 Å². The van der Waals surface area contributed by atoms with Crippen LogP contribution in [-0.2, 0) is 11.3 Å². The highest BCUT2D eigenvalue weighted by atomic mass is 32.1. The van der Waals surface area contributed by atoms with E-state index in [1.807, 2.05) is 23.6 Å². The molecule has 5 heteroatoms. The van der Waals surface area contributed by atoms with Gasteiger partial charge < -0.3 is 9.73 Å². The van der Waals surface area contributed by atoms with Crippen molar-refractivity contribution in [3.05, 3.63) is 52.1 Å². The molecule has 0 saturated carbocycles. The highest BCUT2D eigenvalue weighted by Crippen LogP contribution is 2.13. The van der Waals surface area contributed by atoms with E-state index in [4.69, 9.17) is 9.68 Å². The minimum atomic E-state index is -0.401. The molecule has 1 amide bonds. The van der Waals surface area contributed by atoms with Crippen LogP contribution in [0.15, 0.2) is 45.9 Å². The average Bonchev–Trinajstić information content (AvgIpc) is 3.06. The summed E-state index contributed by atoms with van der Waals surface area (Å²) in [6.45, 7) is 0.273. The summed E-state index contributed by atoms with van der Waals surface area (Å²) in [6, 6.07) is 9.12. The lowest BCUT2D eigenvalue weighted by Gasteiger charge is -2.01. The van der Waals surface area contributed by atoms with E-state index in [-0.39, 0.29) is 12.1 Å². The monoisotopic (exact) mass is 258 g/mol. The van der Waals surface area contributed by atoms with E-state index >= 15 is 0 Å². The van der Waals surface area contributed by atoms with Gasteiger partial charge in [-0.15, -0.1) is 11.3 Å². The van der Waals surface area contributed by atoms with Gasteiger partial charge >= 0.3 is 0 Å². The van der Waals surface area contributed by atoms with Crippen LogP contribution in [0.2, 0.25) is 0 Å². The Balaban J connectivity index is 2.00. The van der Waals surface area contributed by atoms with Crippen LogP contribution in [0.4, 0.5) is 0 Å². The van der Waals surface area contributed by atoms with Crippen LogP contribution in [0.25, 0.3) is 6.08 Å². The Morgan fingerprint density at radius 3 is 3.00 bits per heavy atom. The molecule has 0 radical (unpaired) electrons. The normalized spacial score (nSPS) is 10.9. The second-order valence-electron chi connectivity index (χ2n) is 3.45. The molecule has 18 heavy (non-hydrogen) atoms. The number of nitriles is 1. The van der Waals surface area contributed by atoms with Crippen molar-refractivity contribution in [2.45, 2.75) is 6.54 Å². The van der Waals surface area contributed by atoms with Gasteiger partial charge in [-0.05, 0) is 29.7 Å². The van der Waals surface area contributed by atoms with Crippen LogP contribution in [0.3, 0.4) is 0 Å². The van der Waals surface area contributed by atoms with Gasteiger partial charge in [0.25, 0.3) is 5.91 Å². The maximum Gasteiger partial charge on any atom is 0.262 e. The number of rotatable bonds is 4. The van der Waals surface area contributed by atoms with Crippen molar-refractivity contribution in [1.29, 1.82) is 5.26 Å². The maximum absolute atomic E-state index is 11.8. The molecule has 0 spiro atoms. The largest absolute Gasteiger partial charge is 0.467 e. The smallest absolute Gasteiger partial charge is 0.262 e. The summed E-state index contributed by atoms with van der Waals surface area (Å²) in [7, 11) is 0. The van der Waals surface area contributed by atoms with Gasteiger partial charge in [0.2, 0.25) is 0 Å². The van der Waals surface area contributed by atoms with Crippen LogP contribution >= 0.6 is 11.3 Å². The summed E-state index contributed by atoms with van der Waals surface area (Å²) in [5.74, 6) is 0.249. The van der Waals surface area contributed by atoms with E-state index in [0.717, 1.165) is 4.88 Å². The van der Waals surface area contributed by atoms with Gasteiger partial charge in [-0.2, -0.15) is 5.26 Å². The van der Waals surface area contributed by atoms with E-state index < -0.39 is 5.91 Å². The van der Waals surface area contributed by atoms with Gasteiger partial charge in [-0.1, -0.05) is 6.07 Å². The molecule has 2 heterocycles. The average molecular weight is 258 g/mol. The van der Waals surface area contributed by atoms with Crippen LogP contribution in [0.5, 0.6) is 0 Å². The number of nitrogens with one attached hydrogen (secondary N) is 1. The number of carbonyl (C=O) groups excluding carboxylic acids is 1. The minimum absolute atomic E-state index is 0.0870. The standard InChI is InChI=1S/C13H10N2O2S/c14-8-10(7-12-4-2-6-18-12)13(16)15-9-11-3-1-5-17-11/h1-7H,9H2,(H,15,16)/b10-7-. The zero-order valence-electron chi connectivity index (χ0n) is 9.42. The van der Waals surface area contributed by atoms with Crippen molar-refractivity contribution in [1.82, 2.24) is 5.32 Å². The molecule has 1 N–H and O–H groups in total. The molecule has 90 valence electrons. The third kappa shape index (κ3) is 3.09. The number of hydrogen-bond acceptors (Lipinski definition) is 4.